The molecule has 0 amide bonds. The van der Waals surface area contributed by atoms with Crippen molar-refractivity contribution < 1.29 is 4.74 Å². The standard InChI is InChI=1S/C18H35NO/c1-16-14-19-15-18(2,20-16)17-12-10-8-6-4-3-5-7-9-11-13-17/h16-17,19H,3-15H2,1-2H3/t16-,18-/m0/s1. The summed E-state index contributed by atoms with van der Waals surface area (Å²) in [6.45, 7) is 6.62. The van der Waals surface area contributed by atoms with Gasteiger partial charge in [-0.25, -0.2) is 0 Å². The minimum Gasteiger partial charge on any atom is -0.369 e. The molecule has 0 aromatic carbocycles. The number of nitrogens with one attached hydrogen (secondary N) is 1. The van der Waals surface area contributed by atoms with Crippen molar-refractivity contribution in [2.24, 2.45) is 5.92 Å². The molecule has 2 aliphatic rings. The maximum absolute atomic E-state index is 6.38. The van der Waals surface area contributed by atoms with E-state index in [2.05, 4.69) is 19.2 Å². The summed E-state index contributed by atoms with van der Waals surface area (Å²) in [6.07, 6.45) is 16.0. The molecule has 0 spiro atoms. The Balaban J connectivity index is 1.90. The van der Waals surface area contributed by atoms with Crippen molar-refractivity contribution in [3.8, 4) is 0 Å². The van der Waals surface area contributed by atoms with Crippen molar-refractivity contribution in [2.45, 2.75) is 96.2 Å². The molecule has 0 aromatic rings. The number of hydrogen-bond acceptors (Lipinski definition) is 2. The van der Waals surface area contributed by atoms with Crippen LogP contribution in [0.15, 0.2) is 0 Å². The molecule has 1 aliphatic heterocycles. The molecule has 0 aromatic heterocycles. The van der Waals surface area contributed by atoms with E-state index in [9.17, 15) is 0 Å². The van der Waals surface area contributed by atoms with E-state index in [0.29, 0.717) is 6.10 Å². The Morgan fingerprint density at radius 1 is 0.850 bits per heavy atom. The fraction of sp³-hybridized carbons (Fsp3) is 1.00. The highest BCUT2D eigenvalue weighted by atomic mass is 16.5. The van der Waals surface area contributed by atoms with Crippen molar-refractivity contribution >= 4 is 0 Å². The molecule has 118 valence electrons. The lowest BCUT2D eigenvalue weighted by Gasteiger charge is -2.44. The second-order valence-corrected chi connectivity index (χ2v) is 7.33. The van der Waals surface area contributed by atoms with E-state index < -0.39 is 0 Å². The minimum absolute atomic E-state index is 0.0712. The van der Waals surface area contributed by atoms with Crippen LogP contribution in [0.1, 0.15) is 84.5 Å². The van der Waals surface area contributed by atoms with Crippen molar-refractivity contribution in [1.29, 1.82) is 0 Å². The van der Waals surface area contributed by atoms with Gasteiger partial charge < -0.3 is 10.1 Å². The third kappa shape index (κ3) is 5.04. The highest BCUT2D eigenvalue weighted by Crippen LogP contribution is 2.34. The summed E-state index contributed by atoms with van der Waals surface area (Å²) in [5.41, 5.74) is 0.0712. The summed E-state index contributed by atoms with van der Waals surface area (Å²) in [5, 5.41) is 3.58. The molecular formula is C18H35NO. The molecule has 1 heterocycles. The molecule has 2 atom stereocenters. The molecule has 2 heteroatoms. The van der Waals surface area contributed by atoms with Crippen molar-refractivity contribution in [3.05, 3.63) is 0 Å². The highest BCUT2D eigenvalue weighted by Gasteiger charge is 2.38. The smallest absolute Gasteiger partial charge is 0.0810 e. The minimum atomic E-state index is 0.0712. The zero-order chi connectivity index (χ0) is 14.3. The third-order valence-corrected chi connectivity index (χ3v) is 5.35. The van der Waals surface area contributed by atoms with E-state index in [4.69, 9.17) is 4.74 Å². The van der Waals surface area contributed by atoms with Gasteiger partial charge in [0.15, 0.2) is 0 Å². The number of rotatable bonds is 1. The summed E-state index contributed by atoms with van der Waals surface area (Å²) < 4.78 is 6.38. The molecule has 0 bridgehead atoms. The molecule has 0 unspecified atom stereocenters. The van der Waals surface area contributed by atoms with E-state index in [1.54, 1.807) is 0 Å². The van der Waals surface area contributed by atoms with E-state index in [1.807, 2.05) is 0 Å². The van der Waals surface area contributed by atoms with Crippen LogP contribution in [-0.4, -0.2) is 24.8 Å². The normalized spacial score (nSPS) is 36.0. The van der Waals surface area contributed by atoms with Crippen molar-refractivity contribution in [1.82, 2.24) is 5.32 Å². The van der Waals surface area contributed by atoms with E-state index in [-0.39, 0.29) is 5.60 Å². The molecule has 1 aliphatic carbocycles. The summed E-state index contributed by atoms with van der Waals surface area (Å²) >= 11 is 0. The van der Waals surface area contributed by atoms with Crippen molar-refractivity contribution in [2.75, 3.05) is 13.1 Å². The lowest BCUT2D eigenvalue weighted by Crippen LogP contribution is -2.55. The second-order valence-electron chi connectivity index (χ2n) is 7.33. The largest absolute Gasteiger partial charge is 0.369 e. The van der Waals surface area contributed by atoms with E-state index in [1.165, 1.54) is 70.6 Å². The maximum atomic E-state index is 6.38. The SMILES string of the molecule is C[C@H]1CNC[C@@](C)(C2CCCCCCCCCCC2)O1. The zero-order valence-electron chi connectivity index (χ0n) is 13.8. The van der Waals surface area contributed by atoms with Crippen LogP contribution in [0.4, 0.5) is 0 Å². The first-order valence-electron chi connectivity index (χ1n) is 9.09. The monoisotopic (exact) mass is 281 g/mol. The fourth-order valence-electron chi connectivity index (χ4n) is 4.08. The van der Waals surface area contributed by atoms with Crippen LogP contribution in [0.5, 0.6) is 0 Å². The maximum Gasteiger partial charge on any atom is 0.0810 e. The topological polar surface area (TPSA) is 21.3 Å². The van der Waals surface area contributed by atoms with Crippen LogP contribution in [0, 0.1) is 5.92 Å². The van der Waals surface area contributed by atoms with Crippen LogP contribution in [0.2, 0.25) is 0 Å². The molecule has 0 radical (unpaired) electrons. The lowest BCUT2D eigenvalue weighted by atomic mass is 9.79. The summed E-state index contributed by atoms with van der Waals surface area (Å²) in [4.78, 5) is 0. The first-order valence-corrected chi connectivity index (χ1v) is 9.09. The molecule has 20 heavy (non-hydrogen) atoms. The van der Waals surface area contributed by atoms with Crippen LogP contribution in [0.25, 0.3) is 0 Å². The van der Waals surface area contributed by atoms with Gasteiger partial charge in [-0.1, -0.05) is 57.8 Å². The van der Waals surface area contributed by atoms with Gasteiger partial charge in [0.1, 0.15) is 0 Å². The van der Waals surface area contributed by atoms with Gasteiger partial charge in [-0.05, 0) is 32.6 Å². The van der Waals surface area contributed by atoms with E-state index in [0.717, 1.165) is 19.0 Å². The quantitative estimate of drug-likeness (QED) is 0.754. The van der Waals surface area contributed by atoms with Gasteiger partial charge in [0.25, 0.3) is 0 Å². The first-order chi connectivity index (χ1) is 9.71. The number of morpholine rings is 1. The van der Waals surface area contributed by atoms with Gasteiger partial charge in [0, 0.05) is 13.1 Å². The Morgan fingerprint density at radius 2 is 1.35 bits per heavy atom. The Hall–Kier alpha value is -0.0800. The number of hydrogen-bond donors (Lipinski definition) is 1. The number of ether oxygens (including phenoxy) is 1. The highest BCUT2D eigenvalue weighted by molar-refractivity contribution is 4.90. The Morgan fingerprint density at radius 3 is 1.85 bits per heavy atom. The summed E-state index contributed by atoms with van der Waals surface area (Å²) in [7, 11) is 0. The van der Waals surface area contributed by atoms with Gasteiger partial charge in [-0.2, -0.15) is 0 Å². The van der Waals surface area contributed by atoms with Crippen LogP contribution < -0.4 is 5.32 Å². The van der Waals surface area contributed by atoms with Gasteiger partial charge in [-0.3, -0.25) is 0 Å². The average molecular weight is 281 g/mol. The average Bonchev–Trinajstić information content (AvgIpc) is 2.38. The molecule has 1 saturated carbocycles. The zero-order valence-corrected chi connectivity index (χ0v) is 13.8. The van der Waals surface area contributed by atoms with Crippen LogP contribution in [0.3, 0.4) is 0 Å². The first kappa shape index (κ1) is 16.3. The van der Waals surface area contributed by atoms with Gasteiger partial charge in [0.05, 0.1) is 11.7 Å². The van der Waals surface area contributed by atoms with Gasteiger partial charge >= 0.3 is 0 Å². The predicted molar refractivity (Wildman–Crippen MR) is 86.1 cm³/mol. The molecular weight excluding hydrogens is 246 g/mol. The van der Waals surface area contributed by atoms with Gasteiger partial charge in [-0.15, -0.1) is 0 Å². The third-order valence-electron chi connectivity index (χ3n) is 5.35. The molecule has 1 N–H and O–H groups in total. The van der Waals surface area contributed by atoms with Gasteiger partial charge in [0.2, 0.25) is 0 Å². The van der Waals surface area contributed by atoms with E-state index >= 15 is 0 Å². The Bertz CT molecular complexity index is 256. The summed E-state index contributed by atoms with van der Waals surface area (Å²) in [5.74, 6) is 0.747. The Kier molecular flexibility index (Phi) is 6.83. The fourth-order valence-corrected chi connectivity index (χ4v) is 4.08. The molecule has 2 fully saturated rings. The molecule has 2 rings (SSSR count). The second kappa shape index (κ2) is 8.38. The molecule has 2 nitrogen and oxygen atoms in total. The van der Waals surface area contributed by atoms with Crippen LogP contribution in [-0.2, 0) is 4.74 Å². The van der Waals surface area contributed by atoms with Crippen LogP contribution >= 0.6 is 0 Å². The lowest BCUT2D eigenvalue weighted by molar-refractivity contribution is -0.134. The summed E-state index contributed by atoms with van der Waals surface area (Å²) in [6, 6.07) is 0. The Labute approximate surface area is 126 Å². The predicted octanol–water partition coefficient (Wildman–Crippen LogP) is 4.67. The van der Waals surface area contributed by atoms with Crippen molar-refractivity contribution in [3.63, 3.8) is 0 Å². The molecule has 1 saturated heterocycles.